The molecule has 0 amide bonds. The first kappa shape index (κ1) is 89.1. The highest BCUT2D eigenvalue weighted by molar-refractivity contribution is 7.45. The summed E-state index contributed by atoms with van der Waals surface area (Å²) < 4.78 is 34.3. The van der Waals surface area contributed by atoms with Gasteiger partial charge in [0.25, 0.3) is 7.82 Å². The molecule has 10 heteroatoms. The Morgan fingerprint density at radius 2 is 0.606 bits per heavy atom. The van der Waals surface area contributed by atoms with E-state index in [0.717, 1.165) is 135 Å². The van der Waals surface area contributed by atoms with Gasteiger partial charge in [-0.15, -0.1) is 0 Å². The lowest BCUT2D eigenvalue weighted by Crippen LogP contribution is -2.37. The maximum absolute atomic E-state index is 12.9. The number of carbonyl (C=O) groups excluding carboxylic acids is 2. The van der Waals surface area contributed by atoms with E-state index < -0.39 is 32.5 Å². The lowest BCUT2D eigenvalue weighted by Gasteiger charge is -2.28. The second-order valence-electron chi connectivity index (χ2n) is 25.6. The van der Waals surface area contributed by atoms with Crippen molar-refractivity contribution in [2.24, 2.45) is 0 Å². The monoisotopic (exact) mass is 1320 g/mol. The summed E-state index contributed by atoms with van der Waals surface area (Å²) in [5.41, 5.74) is 0. The third-order valence-corrected chi connectivity index (χ3v) is 16.4. The van der Waals surface area contributed by atoms with Crippen LogP contribution >= 0.6 is 7.82 Å². The van der Waals surface area contributed by atoms with Crippen LogP contribution in [-0.2, 0) is 32.7 Å². The first-order chi connectivity index (χ1) is 46.0. The lowest BCUT2D eigenvalue weighted by molar-refractivity contribution is -0.870. The standard InChI is InChI=1S/C84H138NO8P/c1-6-8-10-12-14-16-18-20-22-24-26-28-30-32-34-36-37-38-39-40-41-42-43-44-45-46-47-49-51-53-55-57-59-61-63-65-67-69-71-73-75-77-84(87)93-82(81-92-94(88,89)91-79-78-85(3,4)5)80-90-83(86)76-74-72-70-68-66-64-62-60-58-56-54-52-50-48-35-33-31-29-27-25-23-21-19-17-15-13-11-9-7-2/h8,10,14,16,19-22,25-28,31-34,37-38,40-41,43-44,46-47,51,53,57,59,63,65,82H,6-7,9,11-13,15,17-18,23-24,29-30,35-36,39,42,45,48-50,52,54-56,58,60-62,64,66-81H2,1-5H3/b10-8-,16-14-,21-19-,22-20-,27-25-,28-26-,33-31-,34-32-,38-37-,41-40-,44-43-,47-46-,53-51-,59-57-,65-63-. The number of hydrogen-bond donors (Lipinski definition) is 0. The van der Waals surface area contributed by atoms with Crippen LogP contribution in [0.15, 0.2) is 182 Å². The molecule has 0 aliphatic rings. The topological polar surface area (TPSA) is 111 Å². The number of allylic oxidation sites excluding steroid dienone is 30. The van der Waals surface area contributed by atoms with Gasteiger partial charge in [0, 0.05) is 12.8 Å². The van der Waals surface area contributed by atoms with Crippen molar-refractivity contribution in [3.05, 3.63) is 182 Å². The molecule has 94 heavy (non-hydrogen) atoms. The van der Waals surface area contributed by atoms with Crippen molar-refractivity contribution in [1.29, 1.82) is 0 Å². The third kappa shape index (κ3) is 76.1. The van der Waals surface area contributed by atoms with Crippen molar-refractivity contribution >= 4 is 19.8 Å². The highest BCUT2D eigenvalue weighted by atomic mass is 31.2. The highest BCUT2D eigenvalue weighted by Crippen LogP contribution is 2.38. The molecule has 532 valence electrons. The highest BCUT2D eigenvalue weighted by Gasteiger charge is 2.22. The van der Waals surface area contributed by atoms with Gasteiger partial charge in [0.1, 0.15) is 19.8 Å². The van der Waals surface area contributed by atoms with Crippen molar-refractivity contribution in [1.82, 2.24) is 0 Å². The Kier molecular flexibility index (Phi) is 68.6. The second-order valence-corrected chi connectivity index (χ2v) is 27.0. The van der Waals surface area contributed by atoms with E-state index in [1.54, 1.807) is 0 Å². The number of likely N-dealkylation sites (N-methyl/N-ethyl adjacent to an activating group) is 1. The molecule has 0 saturated carbocycles. The zero-order valence-corrected chi connectivity index (χ0v) is 61.5. The summed E-state index contributed by atoms with van der Waals surface area (Å²) in [6.07, 6.45) is 111. The fourth-order valence-corrected chi connectivity index (χ4v) is 10.4. The molecule has 0 saturated heterocycles. The molecule has 0 rings (SSSR count). The fourth-order valence-electron chi connectivity index (χ4n) is 9.70. The van der Waals surface area contributed by atoms with Crippen LogP contribution in [0.5, 0.6) is 0 Å². The second kappa shape index (κ2) is 72.4. The molecule has 0 aromatic rings. The molecule has 9 nitrogen and oxygen atoms in total. The Morgan fingerprint density at radius 3 is 0.904 bits per heavy atom. The van der Waals surface area contributed by atoms with E-state index in [1.807, 2.05) is 21.1 Å². The van der Waals surface area contributed by atoms with Gasteiger partial charge in [0.2, 0.25) is 0 Å². The molecule has 0 aliphatic heterocycles. The van der Waals surface area contributed by atoms with Crippen LogP contribution < -0.4 is 4.89 Å². The molecule has 2 atom stereocenters. The zero-order chi connectivity index (χ0) is 68.3. The number of phosphoric acid groups is 1. The summed E-state index contributed by atoms with van der Waals surface area (Å²) in [7, 11) is 1.13. The molecule has 0 fully saturated rings. The first-order valence-electron chi connectivity index (χ1n) is 37.5. The summed E-state index contributed by atoms with van der Waals surface area (Å²) in [5, 5.41) is 0. The van der Waals surface area contributed by atoms with E-state index in [2.05, 4.69) is 196 Å². The number of carbonyl (C=O) groups is 2. The quantitative estimate of drug-likeness (QED) is 0.0195. The van der Waals surface area contributed by atoms with E-state index in [1.165, 1.54) is 116 Å². The van der Waals surface area contributed by atoms with E-state index in [0.29, 0.717) is 17.4 Å². The summed E-state index contributed by atoms with van der Waals surface area (Å²) in [6, 6.07) is 0. The van der Waals surface area contributed by atoms with Crippen molar-refractivity contribution in [3.8, 4) is 0 Å². The maximum atomic E-state index is 12.9. The Labute approximate surface area is 578 Å². The Balaban J connectivity index is 4.16. The third-order valence-electron chi connectivity index (χ3n) is 15.4. The number of hydrogen-bond acceptors (Lipinski definition) is 8. The molecular weight excluding hydrogens is 1180 g/mol. The van der Waals surface area contributed by atoms with Crippen LogP contribution in [0.2, 0.25) is 0 Å². The molecule has 0 aliphatic carbocycles. The molecule has 0 heterocycles. The van der Waals surface area contributed by atoms with Crippen LogP contribution in [0.25, 0.3) is 0 Å². The normalized spacial score (nSPS) is 14.1. The number of unbranched alkanes of at least 4 members (excludes halogenated alkanes) is 23. The van der Waals surface area contributed by atoms with Gasteiger partial charge in [-0.05, 0) is 141 Å². The van der Waals surface area contributed by atoms with Gasteiger partial charge >= 0.3 is 11.9 Å². The minimum absolute atomic E-state index is 0.0452. The fraction of sp³-hybridized carbons (Fsp3) is 0.619. The number of ether oxygens (including phenoxy) is 2. The molecule has 0 bridgehead atoms. The molecule has 0 aromatic heterocycles. The summed E-state index contributed by atoms with van der Waals surface area (Å²) >= 11 is 0. The Bertz CT molecular complexity index is 2240. The lowest BCUT2D eigenvalue weighted by atomic mass is 10.0. The van der Waals surface area contributed by atoms with Gasteiger partial charge in [-0.1, -0.05) is 312 Å². The summed E-state index contributed by atoms with van der Waals surface area (Å²) in [6.45, 7) is 4.08. The number of nitrogens with zero attached hydrogens (tertiary/aromatic N) is 1. The number of esters is 2. The number of rotatable bonds is 67. The zero-order valence-electron chi connectivity index (χ0n) is 60.6. The van der Waals surface area contributed by atoms with Gasteiger partial charge in [-0.2, -0.15) is 0 Å². The molecule has 0 spiro atoms. The van der Waals surface area contributed by atoms with E-state index in [4.69, 9.17) is 18.5 Å². The van der Waals surface area contributed by atoms with Gasteiger partial charge in [-0.3, -0.25) is 14.2 Å². The van der Waals surface area contributed by atoms with Crippen LogP contribution in [0, 0.1) is 0 Å². The average molecular weight is 1320 g/mol. The molecule has 0 radical (unpaired) electrons. The van der Waals surface area contributed by atoms with Gasteiger partial charge in [-0.25, -0.2) is 0 Å². The molecular formula is C84H138NO8P. The van der Waals surface area contributed by atoms with Crippen molar-refractivity contribution < 1.29 is 42.1 Å². The van der Waals surface area contributed by atoms with Crippen molar-refractivity contribution in [2.75, 3.05) is 47.5 Å². The van der Waals surface area contributed by atoms with Gasteiger partial charge < -0.3 is 27.9 Å². The largest absolute Gasteiger partial charge is 0.756 e. The van der Waals surface area contributed by atoms with Crippen LogP contribution in [0.4, 0.5) is 0 Å². The first-order valence-corrected chi connectivity index (χ1v) is 39.0. The average Bonchev–Trinajstić information content (AvgIpc) is 1.57. The smallest absolute Gasteiger partial charge is 0.306 e. The van der Waals surface area contributed by atoms with E-state index in [9.17, 15) is 19.0 Å². The molecule has 2 unspecified atom stereocenters. The number of quaternary nitrogens is 1. The molecule has 0 aromatic carbocycles. The Hall–Kier alpha value is -4.89. The van der Waals surface area contributed by atoms with Gasteiger partial charge in [0.15, 0.2) is 6.10 Å². The molecule has 0 N–H and O–H groups in total. The Morgan fingerprint density at radius 1 is 0.340 bits per heavy atom. The minimum atomic E-state index is -4.66. The number of phosphoric ester groups is 1. The predicted molar refractivity (Wildman–Crippen MR) is 406 cm³/mol. The van der Waals surface area contributed by atoms with Crippen molar-refractivity contribution in [2.45, 2.75) is 290 Å². The van der Waals surface area contributed by atoms with Crippen LogP contribution in [0.3, 0.4) is 0 Å². The predicted octanol–water partition coefficient (Wildman–Crippen LogP) is 24.4. The maximum Gasteiger partial charge on any atom is 0.306 e. The van der Waals surface area contributed by atoms with Crippen LogP contribution in [-0.4, -0.2) is 70.0 Å². The van der Waals surface area contributed by atoms with Crippen LogP contribution in [0.1, 0.15) is 284 Å². The summed E-state index contributed by atoms with van der Waals surface area (Å²) in [5.74, 6) is -0.871. The summed E-state index contributed by atoms with van der Waals surface area (Å²) in [4.78, 5) is 38.1. The SMILES string of the molecule is CC/C=C\C/C=C\C/C=C\C/C=C\C/C=C\C/C=C\C/C=C\C/C=C\C/C=C\C/C=C\C/C=C\C/C=C\CCCCCCC(=O)OC(COC(=O)CCCCCCCCCCCCCCCC/C=C\C/C=C\C/C=C\CCCCCCC)COP(=O)([O-])OCC[N+](C)(C)C. The van der Waals surface area contributed by atoms with Crippen molar-refractivity contribution in [3.63, 3.8) is 0 Å². The minimum Gasteiger partial charge on any atom is -0.756 e. The van der Waals surface area contributed by atoms with Gasteiger partial charge in [0.05, 0.1) is 27.7 Å². The van der Waals surface area contributed by atoms with E-state index >= 15 is 0 Å². The van der Waals surface area contributed by atoms with E-state index in [-0.39, 0.29) is 26.1 Å².